The van der Waals surface area contributed by atoms with Crippen LogP contribution >= 0.6 is 11.6 Å². The second kappa shape index (κ2) is 3.55. The largest absolute Gasteiger partial charge is 0.364 e. The molecule has 0 unspecified atom stereocenters. The zero-order chi connectivity index (χ0) is 9.14. The van der Waals surface area contributed by atoms with Crippen LogP contribution in [0.25, 0.3) is 0 Å². The molecule has 0 aliphatic heterocycles. The summed E-state index contributed by atoms with van der Waals surface area (Å²) in [5.74, 6) is 0. The summed E-state index contributed by atoms with van der Waals surface area (Å²) in [6.07, 6.45) is -1.56. The number of hydrogen-bond acceptors (Lipinski definition) is 3. The van der Waals surface area contributed by atoms with Gasteiger partial charge in [0.15, 0.2) is 6.29 Å². The van der Waals surface area contributed by atoms with Gasteiger partial charge in [0.05, 0.1) is 10.6 Å². The Labute approximate surface area is 74.4 Å². The first-order chi connectivity index (χ1) is 5.65. The number of aliphatic hydroxyl groups excluding tert-OH is 1. The van der Waals surface area contributed by atoms with Crippen LogP contribution in [0, 0.1) is 11.3 Å². The summed E-state index contributed by atoms with van der Waals surface area (Å²) in [5, 5.41) is 26.3. The summed E-state index contributed by atoms with van der Waals surface area (Å²) in [4.78, 5) is 0. The molecular weight excluding hydrogens is 178 g/mol. The summed E-state index contributed by atoms with van der Waals surface area (Å²) >= 11 is 5.62. The Morgan fingerprint density at radius 2 is 2.08 bits per heavy atom. The molecule has 0 radical (unpaired) electrons. The Balaban J connectivity index is 3.16. The van der Waals surface area contributed by atoms with Gasteiger partial charge in [-0.2, -0.15) is 5.26 Å². The first kappa shape index (κ1) is 9.01. The highest BCUT2D eigenvalue weighted by molar-refractivity contribution is 6.31. The van der Waals surface area contributed by atoms with Crippen LogP contribution in [0.15, 0.2) is 18.2 Å². The normalized spacial score (nSPS) is 9.92. The fourth-order valence-corrected chi connectivity index (χ4v) is 0.949. The molecule has 0 heterocycles. The number of nitrogens with zero attached hydrogens (tertiary/aromatic N) is 1. The first-order valence-corrected chi connectivity index (χ1v) is 3.58. The van der Waals surface area contributed by atoms with Gasteiger partial charge in [0.1, 0.15) is 6.07 Å². The molecule has 0 bridgehead atoms. The molecule has 1 aromatic carbocycles. The van der Waals surface area contributed by atoms with Crippen molar-refractivity contribution < 1.29 is 10.2 Å². The quantitative estimate of drug-likeness (QED) is 0.643. The maximum atomic E-state index is 8.74. The predicted molar refractivity (Wildman–Crippen MR) is 43.3 cm³/mol. The fourth-order valence-electron chi connectivity index (χ4n) is 0.789. The Morgan fingerprint density at radius 3 is 2.58 bits per heavy atom. The van der Waals surface area contributed by atoms with E-state index in [9.17, 15) is 0 Å². The van der Waals surface area contributed by atoms with E-state index < -0.39 is 6.29 Å². The van der Waals surface area contributed by atoms with Crippen molar-refractivity contribution in [3.05, 3.63) is 34.3 Å². The van der Waals surface area contributed by atoms with Crippen LogP contribution < -0.4 is 0 Å². The lowest BCUT2D eigenvalue weighted by atomic mass is 10.1. The lowest BCUT2D eigenvalue weighted by molar-refractivity contribution is -0.0424. The number of halogens is 1. The molecule has 2 N–H and O–H groups in total. The van der Waals surface area contributed by atoms with Gasteiger partial charge in [-0.1, -0.05) is 17.7 Å². The Bertz CT molecular complexity index is 330. The molecule has 0 atom stereocenters. The zero-order valence-electron chi connectivity index (χ0n) is 6.03. The summed E-state index contributed by atoms with van der Waals surface area (Å²) in [5.41, 5.74) is 0.498. The van der Waals surface area contributed by atoms with Crippen molar-refractivity contribution in [2.75, 3.05) is 0 Å². The van der Waals surface area contributed by atoms with Crippen LogP contribution in [0.5, 0.6) is 0 Å². The van der Waals surface area contributed by atoms with Gasteiger partial charge in [0, 0.05) is 5.56 Å². The van der Waals surface area contributed by atoms with Crippen LogP contribution in [-0.2, 0) is 0 Å². The third-order valence-corrected chi connectivity index (χ3v) is 1.74. The lowest BCUT2D eigenvalue weighted by Gasteiger charge is -2.03. The lowest BCUT2D eigenvalue weighted by Crippen LogP contribution is -1.95. The fraction of sp³-hybridized carbons (Fsp3) is 0.125. The summed E-state index contributed by atoms with van der Waals surface area (Å²) in [6.45, 7) is 0. The van der Waals surface area contributed by atoms with Gasteiger partial charge >= 0.3 is 0 Å². The molecule has 1 rings (SSSR count). The molecule has 3 nitrogen and oxygen atoms in total. The molecule has 0 saturated carbocycles. The third-order valence-electron chi connectivity index (χ3n) is 1.41. The highest BCUT2D eigenvalue weighted by Gasteiger charge is 2.05. The molecule has 0 aromatic heterocycles. The van der Waals surface area contributed by atoms with Crippen molar-refractivity contribution in [1.82, 2.24) is 0 Å². The highest BCUT2D eigenvalue weighted by Crippen LogP contribution is 2.19. The van der Waals surface area contributed by atoms with E-state index in [1.54, 1.807) is 0 Å². The van der Waals surface area contributed by atoms with Crippen molar-refractivity contribution >= 4 is 11.6 Å². The molecule has 0 fully saturated rings. The van der Waals surface area contributed by atoms with E-state index in [-0.39, 0.29) is 11.1 Å². The third kappa shape index (κ3) is 1.74. The monoisotopic (exact) mass is 183 g/mol. The van der Waals surface area contributed by atoms with Gasteiger partial charge in [0.2, 0.25) is 0 Å². The van der Waals surface area contributed by atoms with E-state index in [0.29, 0.717) is 5.02 Å². The first-order valence-electron chi connectivity index (χ1n) is 3.21. The molecular formula is C8H6ClNO2. The molecule has 0 spiro atoms. The van der Waals surface area contributed by atoms with Gasteiger partial charge in [0.25, 0.3) is 0 Å². The molecule has 0 amide bonds. The van der Waals surface area contributed by atoms with E-state index >= 15 is 0 Å². The van der Waals surface area contributed by atoms with E-state index in [2.05, 4.69) is 0 Å². The minimum atomic E-state index is -1.56. The van der Waals surface area contributed by atoms with E-state index in [0.717, 1.165) is 0 Å². The van der Waals surface area contributed by atoms with Crippen molar-refractivity contribution in [2.24, 2.45) is 0 Å². The topological polar surface area (TPSA) is 64.2 Å². The van der Waals surface area contributed by atoms with Crippen LogP contribution in [0.2, 0.25) is 5.02 Å². The molecule has 62 valence electrons. The number of rotatable bonds is 1. The standard InChI is InChI=1S/C8H6ClNO2/c9-7-2-1-5(8(11)12)3-6(7)4-10/h1-3,8,11-12H. The van der Waals surface area contributed by atoms with E-state index in [4.69, 9.17) is 27.1 Å². The maximum Gasteiger partial charge on any atom is 0.178 e. The zero-order valence-corrected chi connectivity index (χ0v) is 6.78. The SMILES string of the molecule is N#Cc1cc(C(O)O)ccc1Cl. The van der Waals surface area contributed by atoms with Gasteiger partial charge in [-0.15, -0.1) is 0 Å². The molecule has 12 heavy (non-hydrogen) atoms. The van der Waals surface area contributed by atoms with Crippen molar-refractivity contribution in [1.29, 1.82) is 5.26 Å². The smallest absolute Gasteiger partial charge is 0.178 e. The summed E-state index contributed by atoms with van der Waals surface area (Å²) in [7, 11) is 0. The van der Waals surface area contributed by atoms with Crippen molar-refractivity contribution in [3.8, 4) is 6.07 Å². The Kier molecular flexibility index (Phi) is 2.66. The van der Waals surface area contributed by atoms with Gasteiger partial charge in [-0.3, -0.25) is 0 Å². The average Bonchev–Trinajstić information content (AvgIpc) is 2.05. The van der Waals surface area contributed by atoms with Gasteiger partial charge < -0.3 is 10.2 Å². The van der Waals surface area contributed by atoms with Gasteiger partial charge in [-0.05, 0) is 12.1 Å². The molecule has 0 saturated heterocycles. The number of nitriles is 1. The molecule has 1 aromatic rings. The van der Waals surface area contributed by atoms with E-state index in [1.165, 1.54) is 18.2 Å². The van der Waals surface area contributed by atoms with Gasteiger partial charge in [-0.25, -0.2) is 0 Å². The molecule has 0 aliphatic carbocycles. The second-order valence-corrected chi connectivity index (χ2v) is 2.63. The molecule has 0 aliphatic rings. The Hall–Kier alpha value is -1.08. The van der Waals surface area contributed by atoms with Crippen LogP contribution in [0.4, 0.5) is 0 Å². The minimum Gasteiger partial charge on any atom is -0.364 e. The minimum absolute atomic E-state index is 0.238. The van der Waals surface area contributed by atoms with Crippen LogP contribution in [0.1, 0.15) is 17.4 Å². The van der Waals surface area contributed by atoms with Crippen molar-refractivity contribution in [3.63, 3.8) is 0 Å². The van der Waals surface area contributed by atoms with Crippen LogP contribution in [0.3, 0.4) is 0 Å². The maximum absolute atomic E-state index is 8.74. The number of aliphatic hydroxyl groups is 2. The molecule has 4 heteroatoms. The summed E-state index contributed by atoms with van der Waals surface area (Å²) < 4.78 is 0. The van der Waals surface area contributed by atoms with E-state index in [1.807, 2.05) is 6.07 Å². The van der Waals surface area contributed by atoms with Crippen molar-refractivity contribution in [2.45, 2.75) is 6.29 Å². The predicted octanol–water partition coefficient (Wildman–Crippen LogP) is 1.19. The second-order valence-electron chi connectivity index (χ2n) is 2.22. The summed E-state index contributed by atoms with van der Waals surface area (Å²) in [6, 6.07) is 6.08. The van der Waals surface area contributed by atoms with Crippen LogP contribution in [-0.4, -0.2) is 10.2 Å². The number of benzene rings is 1. The number of hydrogen-bond donors (Lipinski definition) is 2. The average molecular weight is 184 g/mol. The Morgan fingerprint density at radius 1 is 1.42 bits per heavy atom. The highest BCUT2D eigenvalue weighted by atomic mass is 35.5.